The number of hydrogen-bond acceptors (Lipinski definition) is 6. The van der Waals surface area contributed by atoms with E-state index in [1.807, 2.05) is 36.4 Å². The fraction of sp³-hybridized carbons (Fsp3) is 0.391. The van der Waals surface area contributed by atoms with Gasteiger partial charge in [-0.1, -0.05) is 30.3 Å². The number of nitrogens with one attached hydrogen (secondary N) is 1. The van der Waals surface area contributed by atoms with Crippen molar-refractivity contribution in [3.63, 3.8) is 0 Å². The van der Waals surface area contributed by atoms with E-state index in [1.165, 1.54) is 6.92 Å². The number of ether oxygens (including phenoxy) is 2. The molecule has 2 aliphatic heterocycles. The first-order chi connectivity index (χ1) is 14.5. The lowest BCUT2D eigenvalue weighted by molar-refractivity contribution is -0.140. The number of likely N-dealkylation sites (tertiary alicyclic amines) is 1. The van der Waals surface area contributed by atoms with Crippen molar-refractivity contribution in [2.24, 2.45) is 0 Å². The van der Waals surface area contributed by atoms with Crippen LogP contribution in [-0.2, 0) is 15.0 Å². The van der Waals surface area contributed by atoms with Gasteiger partial charge in [0.05, 0.1) is 11.1 Å². The highest BCUT2D eigenvalue weighted by molar-refractivity contribution is 5.91. The Bertz CT molecular complexity index is 937. The molecule has 1 fully saturated rings. The maximum atomic E-state index is 12.6. The average molecular weight is 410 g/mol. The maximum Gasteiger partial charge on any atom is 0.322 e. The summed E-state index contributed by atoms with van der Waals surface area (Å²) >= 11 is 0. The van der Waals surface area contributed by atoms with Gasteiger partial charge in [-0.2, -0.15) is 0 Å². The van der Waals surface area contributed by atoms with E-state index in [4.69, 9.17) is 9.47 Å². The minimum atomic E-state index is -0.688. The first-order valence-corrected chi connectivity index (χ1v) is 10.2. The Hall–Kier alpha value is -2.90. The molecule has 158 valence electrons. The van der Waals surface area contributed by atoms with Gasteiger partial charge >= 0.3 is 5.97 Å². The summed E-state index contributed by atoms with van der Waals surface area (Å²) in [7, 11) is 0. The van der Waals surface area contributed by atoms with E-state index in [2.05, 4.69) is 10.2 Å². The first-order valence-electron chi connectivity index (χ1n) is 10.2. The van der Waals surface area contributed by atoms with E-state index in [1.54, 1.807) is 12.1 Å². The van der Waals surface area contributed by atoms with Gasteiger partial charge in [0.15, 0.2) is 0 Å². The van der Waals surface area contributed by atoms with Crippen LogP contribution in [0.2, 0.25) is 0 Å². The SMILES string of the molecule is CC(=O)Nc1ccccc1OC[C@H](O)CN1CCC2(CC1)C(=O)Oc1ccccc12. The second kappa shape index (κ2) is 8.45. The number of rotatable bonds is 6. The van der Waals surface area contributed by atoms with Crippen molar-refractivity contribution < 1.29 is 24.2 Å². The maximum absolute atomic E-state index is 12.6. The van der Waals surface area contributed by atoms with Crippen LogP contribution in [0.5, 0.6) is 11.5 Å². The number of para-hydroxylation sites is 3. The number of carbonyl (C=O) groups is 2. The highest BCUT2D eigenvalue weighted by Crippen LogP contribution is 2.46. The molecule has 1 saturated heterocycles. The molecule has 2 heterocycles. The van der Waals surface area contributed by atoms with Gasteiger partial charge in [0, 0.05) is 19.0 Å². The van der Waals surface area contributed by atoms with Crippen LogP contribution >= 0.6 is 0 Å². The zero-order chi connectivity index (χ0) is 21.1. The summed E-state index contributed by atoms with van der Waals surface area (Å²) in [5, 5.41) is 13.2. The van der Waals surface area contributed by atoms with Crippen LogP contribution in [0.1, 0.15) is 25.3 Å². The Morgan fingerprint density at radius 2 is 1.90 bits per heavy atom. The molecule has 7 heteroatoms. The van der Waals surface area contributed by atoms with E-state index in [9.17, 15) is 14.7 Å². The Morgan fingerprint density at radius 1 is 1.20 bits per heavy atom. The van der Waals surface area contributed by atoms with Crippen molar-refractivity contribution in [2.75, 3.05) is 31.6 Å². The molecule has 4 rings (SSSR count). The standard InChI is InChI=1S/C23H26N2O5/c1-16(26)24-19-7-3-5-9-21(19)29-15-17(27)14-25-12-10-23(11-13-25)18-6-2-4-8-20(18)30-22(23)28/h2-9,17,27H,10-15H2,1H3,(H,24,26)/t17-/m1/s1. The molecule has 2 aliphatic rings. The van der Waals surface area contributed by atoms with Crippen LogP contribution in [-0.4, -0.2) is 54.2 Å². The number of aliphatic hydroxyl groups is 1. The third-order valence-corrected chi connectivity index (χ3v) is 5.80. The zero-order valence-electron chi connectivity index (χ0n) is 17.0. The molecule has 0 radical (unpaired) electrons. The summed E-state index contributed by atoms with van der Waals surface area (Å²) < 4.78 is 11.2. The van der Waals surface area contributed by atoms with Gasteiger partial charge in [-0.05, 0) is 44.1 Å². The van der Waals surface area contributed by atoms with Crippen LogP contribution < -0.4 is 14.8 Å². The second-order valence-corrected chi connectivity index (χ2v) is 7.91. The monoisotopic (exact) mass is 410 g/mol. The van der Waals surface area contributed by atoms with Crippen LogP contribution in [0.3, 0.4) is 0 Å². The van der Waals surface area contributed by atoms with E-state index in [0.29, 0.717) is 49.7 Å². The number of carbonyl (C=O) groups excluding carboxylic acids is 2. The van der Waals surface area contributed by atoms with Crippen LogP contribution in [0.25, 0.3) is 0 Å². The van der Waals surface area contributed by atoms with Gasteiger partial charge in [0.25, 0.3) is 0 Å². The number of aliphatic hydroxyl groups excluding tert-OH is 1. The van der Waals surface area contributed by atoms with Gasteiger partial charge in [0.1, 0.15) is 24.2 Å². The van der Waals surface area contributed by atoms with Crippen LogP contribution in [0, 0.1) is 0 Å². The normalized spacial score (nSPS) is 18.5. The molecule has 2 aromatic carbocycles. The average Bonchev–Trinajstić information content (AvgIpc) is 3.00. The largest absolute Gasteiger partial charge is 0.489 e. The Morgan fingerprint density at radius 3 is 2.67 bits per heavy atom. The molecule has 0 aliphatic carbocycles. The fourth-order valence-electron chi connectivity index (χ4n) is 4.27. The number of amides is 1. The van der Waals surface area contributed by atoms with Gasteiger partial charge in [-0.25, -0.2) is 0 Å². The number of hydrogen-bond donors (Lipinski definition) is 2. The van der Waals surface area contributed by atoms with Gasteiger partial charge in [-0.15, -0.1) is 0 Å². The lowest BCUT2D eigenvalue weighted by Gasteiger charge is -2.37. The van der Waals surface area contributed by atoms with Crippen molar-refractivity contribution in [3.8, 4) is 11.5 Å². The Kier molecular flexibility index (Phi) is 5.74. The molecular formula is C23H26N2O5. The highest BCUT2D eigenvalue weighted by atomic mass is 16.5. The molecule has 1 spiro atoms. The van der Waals surface area contributed by atoms with Crippen LogP contribution in [0.4, 0.5) is 5.69 Å². The summed E-state index contributed by atoms with van der Waals surface area (Å²) in [6, 6.07) is 14.8. The molecular weight excluding hydrogens is 384 g/mol. The molecule has 7 nitrogen and oxygen atoms in total. The molecule has 2 aromatic rings. The highest BCUT2D eigenvalue weighted by Gasteiger charge is 2.50. The Balaban J connectivity index is 1.31. The molecule has 0 unspecified atom stereocenters. The summed E-state index contributed by atoms with van der Waals surface area (Å²) in [5.74, 6) is 0.847. The van der Waals surface area contributed by atoms with E-state index < -0.39 is 11.5 Å². The third kappa shape index (κ3) is 4.04. The Labute approximate surface area is 175 Å². The number of fused-ring (bicyclic) bond motifs is 2. The van der Waals surface area contributed by atoms with Gasteiger partial charge in [0.2, 0.25) is 5.91 Å². The molecule has 30 heavy (non-hydrogen) atoms. The lowest BCUT2D eigenvalue weighted by Crippen LogP contribution is -2.48. The third-order valence-electron chi connectivity index (χ3n) is 5.80. The molecule has 1 atom stereocenters. The second-order valence-electron chi connectivity index (χ2n) is 7.91. The number of nitrogens with zero attached hydrogens (tertiary/aromatic N) is 1. The molecule has 1 amide bonds. The molecule has 0 saturated carbocycles. The summed E-state index contributed by atoms with van der Waals surface area (Å²) in [6.45, 7) is 3.40. The first kappa shape index (κ1) is 20.4. The van der Waals surface area contributed by atoms with Crippen LogP contribution in [0.15, 0.2) is 48.5 Å². The number of anilines is 1. The summed E-state index contributed by atoms with van der Waals surface area (Å²) in [6.07, 6.45) is 0.649. The number of piperidine rings is 1. The lowest BCUT2D eigenvalue weighted by atomic mass is 9.74. The van der Waals surface area contributed by atoms with E-state index in [-0.39, 0.29) is 18.5 Å². The summed E-state index contributed by atoms with van der Waals surface area (Å²) in [4.78, 5) is 26.0. The van der Waals surface area contributed by atoms with Crippen molar-refractivity contribution in [1.82, 2.24) is 4.90 Å². The van der Waals surface area contributed by atoms with Crippen molar-refractivity contribution in [2.45, 2.75) is 31.3 Å². The number of benzene rings is 2. The van der Waals surface area contributed by atoms with Crippen molar-refractivity contribution in [1.29, 1.82) is 0 Å². The molecule has 0 aromatic heterocycles. The molecule has 0 bridgehead atoms. The van der Waals surface area contributed by atoms with E-state index in [0.717, 1.165) is 5.56 Å². The van der Waals surface area contributed by atoms with Gasteiger partial charge < -0.3 is 24.8 Å². The molecule has 2 N–H and O–H groups in total. The fourth-order valence-corrected chi connectivity index (χ4v) is 4.27. The summed E-state index contributed by atoms with van der Waals surface area (Å²) in [5.41, 5.74) is 0.995. The quantitative estimate of drug-likeness (QED) is 0.561. The van der Waals surface area contributed by atoms with E-state index >= 15 is 0 Å². The predicted octanol–water partition coefficient (Wildman–Crippen LogP) is 2.34. The number of esters is 1. The zero-order valence-corrected chi connectivity index (χ0v) is 17.0. The smallest absolute Gasteiger partial charge is 0.322 e. The minimum absolute atomic E-state index is 0.114. The van der Waals surface area contributed by atoms with Crippen molar-refractivity contribution >= 4 is 17.6 Å². The topological polar surface area (TPSA) is 88.1 Å². The predicted molar refractivity (Wildman–Crippen MR) is 112 cm³/mol. The van der Waals surface area contributed by atoms with Gasteiger partial charge in [-0.3, -0.25) is 9.59 Å². The minimum Gasteiger partial charge on any atom is -0.489 e. The van der Waals surface area contributed by atoms with Crippen molar-refractivity contribution in [3.05, 3.63) is 54.1 Å². The number of β-amino-alcohol motifs (C(OH)–C–C–N with tert-alkyl or cyclic N) is 1.